The molecule has 2 nitrogen and oxygen atoms in total. The van der Waals surface area contributed by atoms with E-state index in [1.165, 1.54) is 126 Å². The maximum atomic E-state index is 2.58. The largest absolute Gasteiger partial charge is 0.310 e. The van der Waals surface area contributed by atoms with Crippen molar-refractivity contribution in [1.29, 1.82) is 0 Å². The molecular formula is C74H50N2S. The predicted octanol–water partition coefficient (Wildman–Crippen LogP) is 20.0. The Morgan fingerprint density at radius 2 is 0.922 bits per heavy atom. The van der Waals surface area contributed by atoms with E-state index in [9.17, 15) is 0 Å². The van der Waals surface area contributed by atoms with Gasteiger partial charge in [0.15, 0.2) is 0 Å². The SMILES string of the molecule is CC1(C)c2ccccc2-c2ccc(N(c3ccc(-c4ccc5c(c4)c4ccccc4n5-c4ccccc4)cc3)c3cccc4c3C3(c5ccccc5-4)c4ccccc4-c4c3sc(-c3ccccc3)c4-c3ccccc3)cc21. The van der Waals surface area contributed by atoms with E-state index in [-0.39, 0.29) is 5.41 Å². The van der Waals surface area contributed by atoms with Gasteiger partial charge in [-0.2, -0.15) is 0 Å². The summed E-state index contributed by atoms with van der Waals surface area (Å²) >= 11 is 1.98. The molecule has 11 aromatic carbocycles. The van der Waals surface area contributed by atoms with Crippen LogP contribution in [0.5, 0.6) is 0 Å². The van der Waals surface area contributed by atoms with E-state index in [1.54, 1.807) is 0 Å². The minimum atomic E-state index is -0.617. The van der Waals surface area contributed by atoms with Crippen LogP contribution in [-0.4, -0.2) is 4.57 Å². The first-order valence-corrected chi connectivity index (χ1v) is 27.6. The summed E-state index contributed by atoms with van der Waals surface area (Å²) in [5.74, 6) is 0. The highest BCUT2D eigenvalue weighted by Crippen LogP contribution is 2.69. The molecule has 0 bridgehead atoms. The van der Waals surface area contributed by atoms with Crippen molar-refractivity contribution in [3.05, 3.63) is 300 Å². The lowest BCUT2D eigenvalue weighted by Crippen LogP contribution is -2.27. The molecule has 3 aliphatic carbocycles. The topological polar surface area (TPSA) is 8.17 Å². The lowest BCUT2D eigenvalue weighted by atomic mass is 9.73. The monoisotopic (exact) mass is 998 g/mol. The lowest BCUT2D eigenvalue weighted by Gasteiger charge is -2.35. The first-order chi connectivity index (χ1) is 38.0. The van der Waals surface area contributed by atoms with Gasteiger partial charge in [-0.25, -0.2) is 0 Å². The van der Waals surface area contributed by atoms with Crippen LogP contribution in [0.1, 0.15) is 46.5 Å². The van der Waals surface area contributed by atoms with Crippen molar-refractivity contribution in [2.75, 3.05) is 4.90 Å². The molecule has 3 heteroatoms. The van der Waals surface area contributed by atoms with Gasteiger partial charge in [0.05, 0.1) is 22.1 Å². The van der Waals surface area contributed by atoms with Gasteiger partial charge in [-0.1, -0.05) is 220 Å². The fourth-order valence-electron chi connectivity index (χ4n) is 13.9. The van der Waals surface area contributed by atoms with E-state index in [0.717, 1.165) is 17.1 Å². The zero-order chi connectivity index (χ0) is 51.0. The Hall–Kier alpha value is -9.28. The van der Waals surface area contributed by atoms with Gasteiger partial charge >= 0.3 is 0 Å². The molecule has 0 aliphatic heterocycles. The molecule has 0 fully saturated rings. The summed E-state index contributed by atoms with van der Waals surface area (Å²) in [6, 6.07) is 99.9. The fraction of sp³-hybridized carbons (Fsp3) is 0.0541. The summed E-state index contributed by atoms with van der Waals surface area (Å²) in [6.07, 6.45) is 0. The van der Waals surface area contributed by atoms with Crippen molar-refractivity contribution in [3.63, 3.8) is 0 Å². The summed E-state index contributed by atoms with van der Waals surface area (Å²) in [5.41, 5.74) is 26.9. The van der Waals surface area contributed by atoms with Crippen LogP contribution in [0.3, 0.4) is 0 Å². The van der Waals surface area contributed by atoms with Gasteiger partial charge in [0, 0.05) is 59.7 Å². The van der Waals surface area contributed by atoms with Gasteiger partial charge in [0.2, 0.25) is 0 Å². The Balaban J connectivity index is 0.940. The highest BCUT2D eigenvalue weighted by Gasteiger charge is 2.55. The van der Waals surface area contributed by atoms with E-state index < -0.39 is 5.41 Å². The molecule has 2 heterocycles. The van der Waals surface area contributed by atoms with Crippen LogP contribution in [0.25, 0.3) is 93.6 Å². The van der Waals surface area contributed by atoms with E-state index >= 15 is 0 Å². The van der Waals surface area contributed by atoms with Gasteiger partial charge < -0.3 is 9.47 Å². The van der Waals surface area contributed by atoms with Crippen LogP contribution in [-0.2, 0) is 10.8 Å². The summed E-state index contributed by atoms with van der Waals surface area (Å²) in [5, 5.41) is 2.49. The van der Waals surface area contributed by atoms with Gasteiger partial charge in [-0.15, -0.1) is 11.3 Å². The normalized spacial score (nSPS) is 15.0. The van der Waals surface area contributed by atoms with Gasteiger partial charge in [0.1, 0.15) is 0 Å². The number of nitrogens with zero attached hydrogens (tertiary/aromatic N) is 2. The van der Waals surface area contributed by atoms with E-state index in [0.29, 0.717) is 0 Å². The van der Waals surface area contributed by atoms with Crippen molar-refractivity contribution in [1.82, 2.24) is 4.57 Å². The number of fused-ring (bicyclic) bond motifs is 16. The van der Waals surface area contributed by atoms with Gasteiger partial charge in [-0.3, -0.25) is 0 Å². The molecule has 2 aromatic heterocycles. The maximum Gasteiger partial charge on any atom is 0.0839 e. The number of aromatic nitrogens is 1. The number of benzene rings is 11. The van der Waals surface area contributed by atoms with Crippen molar-refractivity contribution in [2.24, 2.45) is 0 Å². The molecule has 77 heavy (non-hydrogen) atoms. The molecule has 362 valence electrons. The van der Waals surface area contributed by atoms with Crippen molar-refractivity contribution in [2.45, 2.75) is 24.7 Å². The number of hydrogen-bond acceptors (Lipinski definition) is 2. The second-order valence-electron chi connectivity index (χ2n) is 21.5. The zero-order valence-corrected chi connectivity index (χ0v) is 43.5. The van der Waals surface area contributed by atoms with E-state index in [1.807, 2.05) is 11.3 Å². The Morgan fingerprint density at radius 3 is 1.68 bits per heavy atom. The van der Waals surface area contributed by atoms with Crippen LogP contribution in [0.15, 0.2) is 267 Å². The van der Waals surface area contributed by atoms with Crippen molar-refractivity contribution in [3.8, 4) is 71.8 Å². The molecular weight excluding hydrogens is 949 g/mol. The first-order valence-electron chi connectivity index (χ1n) is 26.8. The van der Waals surface area contributed by atoms with Crippen molar-refractivity contribution < 1.29 is 0 Å². The third-order valence-corrected chi connectivity index (χ3v) is 18.6. The number of hydrogen-bond donors (Lipinski definition) is 0. The van der Waals surface area contributed by atoms with Gasteiger partial charge in [0.25, 0.3) is 0 Å². The highest BCUT2D eigenvalue weighted by molar-refractivity contribution is 7.17. The molecule has 0 amide bonds. The molecule has 0 saturated heterocycles. The predicted molar refractivity (Wildman–Crippen MR) is 324 cm³/mol. The van der Waals surface area contributed by atoms with Crippen LogP contribution in [0.2, 0.25) is 0 Å². The summed E-state index contributed by atoms with van der Waals surface area (Å²) in [7, 11) is 0. The minimum Gasteiger partial charge on any atom is -0.310 e. The number of para-hydroxylation sites is 2. The lowest BCUT2D eigenvalue weighted by molar-refractivity contribution is 0.660. The Bertz CT molecular complexity index is 4520. The number of rotatable bonds is 7. The first kappa shape index (κ1) is 44.1. The molecule has 1 unspecified atom stereocenters. The Kier molecular flexibility index (Phi) is 9.50. The third kappa shape index (κ3) is 6.18. The molecule has 13 aromatic rings. The summed E-state index contributed by atoms with van der Waals surface area (Å²) in [6.45, 7) is 4.78. The summed E-state index contributed by atoms with van der Waals surface area (Å²) < 4.78 is 2.39. The zero-order valence-electron chi connectivity index (χ0n) is 42.7. The third-order valence-electron chi connectivity index (χ3n) is 17.2. The second kappa shape index (κ2) is 16.6. The molecule has 1 atom stereocenters. The van der Waals surface area contributed by atoms with Crippen LogP contribution in [0, 0.1) is 0 Å². The second-order valence-corrected chi connectivity index (χ2v) is 22.5. The minimum absolute atomic E-state index is 0.187. The Morgan fingerprint density at radius 1 is 0.364 bits per heavy atom. The highest BCUT2D eigenvalue weighted by atomic mass is 32.1. The molecule has 0 saturated carbocycles. The van der Waals surface area contributed by atoms with Crippen LogP contribution < -0.4 is 4.90 Å². The van der Waals surface area contributed by atoms with Crippen LogP contribution in [0.4, 0.5) is 17.1 Å². The molecule has 0 radical (unpaired) electrons. The molecule has 1 spiro atoms. The molecule has 0 N–H and O–H groups in total. The summed E-state index contributed by atoms with van der Waals surface area (Å²) in [4.78, 5) is 5.26. The smallest absolute Gasteiger partial charge is 0.0839 e. The average Bonchev–Trinajstić information content (AvgIpc) is 4.05. The van der Waals surface area contributed by atoms with E-state index in [4.69, 9.17) is 0 Å². The fourth-order valence-corrected chi connectivity index (χ4v) is 15.5. The molecule has 3 aliphatic rings. The number of thiophene rings is 1. The standard InChI is InChI=1S/C74H50N2S/c1-73(2)61-32-16-12-27-54(61)56-43-42-53(46-64(56)73)75(52-40-37-47(38-41-52)50-39-44-66-60(45-50)57-29-15-19-35-65(57)76(66)51-25-10-5-11-26-51)67-36-20-31-58-55-28-13-17-33-62(55)74(70(58)67)63-34-18-14-30-59(63)69-68(48-21-6-3-7-22-48)71(77-72(69)74)49-23-8-4-9-24-49/h3-46H,1-2H3. The molecule has 16 rings (SSSR count). The Labute approximate surface area is 453 Å². The number of anilines is 3. The van der Waals surface area contributed by atoms with Crippen LogP contribution >= 0.6 is 11.3 Å². The maximum absolute atomic E-state index is 2.58. The average molecular weight is 999 g/mol. The van der Waals surface area contributed by atoms with Gasteiger partial charge in [-0.05, 0) is 133 Å². The quantitative estimate of drug-likeness (QED) is 0.154. The van der Waals surface area contributed by atoms with E-state index in [2.05, 4.69) is 290 Å². The van der Waals surface area contributed by atoms with Crippen molar-refractivity contribution >= 4 is 50.2 Å².